The molecule has 2 unspecified atom stereocenters. The van der Waals surface area contributed by atoms with Crippen LogP contribution >= 0.6 is 11.6 Å². The summed E-state index contributed by atoms with van der Waals surface area (Å²) in [7, 11) is 2.04. The molecule has 2 saturated carbocycles. The Morgan fingerprint density at radius 1 is 0.963 bits per heavy atom. The van der Waals surface area contributed by atoms with Gasteiger partial charge in [-0.15, -0.1) is 0 Å². The first-order valence-electron chi connectivity index (χ1n) is 10.2. The third kappa shape index (κ3) is 6.64. The van der Waals surface area contributed by atoms with Gasteiger partial charge in [0.2, 0.25) is 0 Å². The van der Waals surface area contributed by atoms with Gasteiger partial charge < -0.3 is 10.6 Å². The molecule has 2 aromatic rings. The first-order chi connectivity index (χ1) is 12.8. The van der Waals surface area contributed by atoms with Gasteiger partial charge in [0.25, 0.3) is 0 Å². The Balaban J connectivity index is 0.000000379. The third-order valence-electron chi connectivity index (χ3n) is 5.79. The smallest absolute Gasteiger partial charge is 0.0737 e. The normalized spacial score (nSPS) is 21.4. The van der Waals surface area contributed by atoms with E-state index in [-0.39, 0.29) is 17.1 Å². The molecule has 1 aromatic carbocycles. The molecule has 27 heavy (non-hydrogen) atoms. The molecule has 2 aliphatic rings. The van der Waals surface area contributed by atoms with Gasteiger partial charge in [-0.1, -0.05) is 50.1 Å². The van der Waals surface area contributed by atoms with E-state index in [0.717, 1.165) is 46.5 Å². The van der Waals surface area contributed by atoms with Crippen molar-refractivity contribution in [3.05, 3.63) is 35.5 Å². The first-order valence-corrected chi connectivity index (χ1v) is 10.6. The molecule has 2 fully saturated rings. The standard InChI is InChI=1S/C17H22ClN3.C5H10.Fe/c1-19-10-12-3-2-4-13(12)11-21-16-7-8-20-17-9-14(18)5-6-15(16)17;1-2-4-5-3-1;/h5-9,12-13,19H,2-4,10-11H2,1H3,(H,20,21);1-5H2;. The summed E-state index contributed by atoms with van der Waals surface area (Å²) in [4.78, 5) is 4.39. The van der Waals surface area contributed by atoms with E-state index in [9.17, 15) is 0 Å². The largest absolute Gasteiger partial charge is 0.384 e. The number of anilines is 1. The van der Waals surface area contributed by atoms with Gasteiger partial charge in [0, 0.05) is 45.9 Å². The number of aromatic nitrogens is 1. The van der Waals surface area contributed by atoms with Crippen LogP contribution in [0.1, 0.15) is 51.4 Å². The third-order valence-corrected chi connectivity index (χ3v) is 6.03. The van der Waals surface area contributed by atoms with Crippen molar-refractivity contribution >= 4 is 28.2 Å². The quantitative estimate of drug-likeness (QED) is 0.582. The zero-order chi connectivity index (χ0) is 18.2. The molecule has 3 nitrogen and oxygen atoms in total. The molecule has 5 heteroatoms. The van der Waals surface area contributed by atoms with Gasteiger partial charge in [0.15, 0.2) is 0 Å². The zero-order valence-corrected chi connectivity index (χ0v) is 18.2. The number of hydrogen-bond donors (Lipinski definition) is 2. The van der Waals surface area contributed by atoms with Crippen LogP contribution in [0.3, 0.4) is 0 Å². The molecule has 1 heterocycles. The fraction of sp³-hybridized carbons (Fsp3) is 0.591. The average molecular weight is 430 g/mol. The van der Waals surface area contributed by atoms with Crippen LogP contribution in [0.2, 0.25) is 5.02 Å². The Bertz CT molecular complexity index is 683. The Hall–Kier alpha value is -0.801. The number of nitrogens with zero attached hydrogens (tertiary/aromatic N) is 1. The molecule has 0 bridgehead atoms. The van der Waals surface area contributed by atoms with E-state index >= 15 is 0 Å². The van der Waals surface area contributed by atoms with Crippen LogP contribution in [0.25, 0.3) is 10.9 Å². The van der Waals surface area contributed by atoms with Crippen molar-refractivity contribution in [2.45, 2.75) is 51.4 Å². The second kappa shape index (κ2) is 11.9. The molecule has 2 N–H and O–H groups in total. The van der Waals surface area contributed by atoms with E-state index in [1.807, 2.05) is 31.4 Å². The number of pyridine rings is 1. The molecule has 0 aliphatic heterocycles. The number of hydrogen-bond acceptors (Lipinski definition) is 3. The van der Waals surface area contributed by atoms with Crippen molar-refractivity contribution in [2.75, 3.05) is 25.5 Å². The summed E-state index contributed by atoms with van der Waals surface area (Å²) >= 11 is 6.04. The predicted molar refractivity (Wildman–Crippen MR) is 113 cm³/mol. The molecular formula is C22H32ClFeN3. The Morgan fingerprint density at radius 3 is 2.30 bits per heavy atom. The summed E-state index contributed by atoms with van der Waals surface area (Å²) < 4.78 is 0. The first kappa shape index (κ1) is 22.5. The summed E-state index contributed by atoms with van der Waals surface area (Å²) in [6.07, 6.45) is 13.4. The predicted octanol–water partition coefficient (Wildman–Crippen LogP) is 5.88. The van der Waals surface area contributed by atoms with Crippen LogP contribution in [-0.2, 0) is 17.1 Å². The van der Waals surface area contributed by atoms with Crippen LogP contribution in [-0.4, -0.2) is 25.1 Å². The van der Waals surface area contributed by atoms with Crippen LogP contribution in [0.15, 0.2) is 30.5 Å². The number of halogens is 1. The summed E-state index contributed by atoms with van der Waals surface area (Å²) in [5, 5.41) is 8.82. The average Bonchev–Trinajstić information content (AvgIpc) is 3.35. The Kier molecular flexibility index (Phi) is 9.92. The van der Waals surface area contributed by atoms with Crippen molar-refractivity contribution in [1.29, 1.82) is 0 Å². The summed E-state index contributed by atoms with van der Waals surface area (Å²) in [6.45, 7) is 2.16. The van der Waals surface area contributed by atoms with Crippen molar-refractivity contribution in [1.82, 2.24) is 10.3 Å². The number of nitrogens with one attached hydrogen (secondary N) is 2. The fourth-order valence-corrected chi connectivity index (χ4v) is 4.48. The van der Waals surface area contributed by atoms with Crippen molar-refractivity contribution < 1.29 is 17.1 Å². The molecule has 2 atom stereocenters. The number of rotatable bonds is 5. The van der Waals surface area contributed by atoms with Crippen molar-refractivity contribution in [2.24, 2.45) is 11.8 Å². The van der Waals surface area contributed by atoms with Gasteiger partial charge >= 0.3 is 0 Å². The van der Waals surface area contributed by atoms with Crippen LogP contribution in [0.4, 0.5) is 5.69 Å². The van der Waals surface area contributed by atoms with E-state index in [1.54, 1.807) is 0 Å². The maximum Gasteiger partial charge on any atom is 0.0737 e. The molecule has 4 rings (SSSR count). The second-order valence-corrected chi connectivity index (χ2v) is 8.11. The molecular weight excluding hydrogens is 398 g/mol. The van der Waals surface area contributed by atoms with E-state index in [1.165, 1.54) is 51.4 Å². The SMILES string of the molecule is C1CCCC1.CNCC1CCCC1CNc1ccnc2cc(Cl)ccc12.[Fe]. The van der Waals surface area contributed by atoms with Crippen molar-refractivity contribution in [3.63, 3.8) is 0 Å². The van der Waals surface area contributed by atoms with Gasteiger partial charge in [0.1, 0.15) is 0 Å². The molecule has 0 saturated heterocycles. The minimum Gasteiger partial charge on any atom is -0.384 e. The van der Waals surface area contributed by atoms with E-state index in [4.69, 9.17) is 11.6 Å². The van der Waals surface area contributed by atoms with Gasteiger partial charge in [0.05, 0.1) is 5.52 Å². The van der Waals surface area contributed by atoms with E-state index in [2.05, 4.69) is 21.7 Å². The maximum atomic E-state index is 6.04. The van der Waals surface area contributed by atoms with E-state index < -0.39 is 0 Å². The molecule has 150 valence electrons. The van der Waals surface area contributed by atoms with E-state index in [0.29, 0.717) is 0 Å². The summed E-state index contributed by atoms with van der Waals surface area (Å²) in [6, 6.07) is 7.95. The molecule has 1 aromatic heterocycles. The molecule has 0 amide bonds. The molecule has 2 aliphatic carbocycles. The number of fused-ring (bicyclic) bond motifs is 1. The minimum atomic E-state index is 0. The Morgan fingerprint density at radius 2 is 1.63 bits per heavy atom. The van der Waals surface area contributed by atoms with Gasteiger partial charge in [-0.05, 0) is 62.5 Å². The van der Waals surface area contributed by atoms with Crippen LogP contribution in [0, 0.1) is 11.8 Å². The van der Waals surface area contributed by atoms with Gasteiger partial charge in [-0.2, -0.15) is 0 Å². The van der Waals surface area contributed by atoms with Crippen LogP contribution in [0.5, 0.6) is 0 Å². The van der Waals surface area contributed by atoms with Gasteiger partial charge in [-0.25, -0.2) is 0 Å². The van der Waals surface area contributed by atoms with Crippen LogP contribution < -0.4 is 10.6 Å². The Labute approximate surface area is 179 Å². The van der Waals surface area contributed by atoms with Crippen molar-refractivity contribution in [3.8, 4) is 0 Å². The minimum absolute atomic E-state index is 0. The zero-order valence-electron chi connectivity index (χ0n) is 16.3. The number of benzene rings is 1. The van der Waals surface area contributed by atoms with Gasteiger partial charge in [-0.3, -0.25) is 4.98 Å². The fourth-order valence-electron chi connectivity index (χ4n) is 4.31. The molecule has 0 radical (unpaired) electrons. The topological polar surface area (TPSA) is 37.0 Å². The summed E-state index contributed by atoms with van der Waals surface area (Å²) in [5.74, 6) is 1.55. The second-order valence-electron chi connectivity index (χ2n) is 7.68. The summed E-state index contributed by atoms with van der Waals surface area (Å²) in [5.41, 5.74) is 2.11. The monoisotopic (exact) mass is 429 g/mol. The maximum absolute atomic E-state index is 6.04. The molecule has 0 spiro atoms.